The van der Waals surface area contributed by atoms with Gasteiger partial charge in [0, 0.05) is 79.9 Å². The summed E-state index contributed by atoms with van der Waals surface area (Å²) >= 11 is 3.71. The number of nitrogens with zero attached hydrogens (tertiary/aromatic N) is 3. The number of para-hydroxylation sites is 6. The topological polar surface area (TPSA) is 9.72 Å². The van der Waals surface area contributed by atoms with Crippen LogP contribution in [0.3, 0.4) is 0 Å². The van der Waals surface area contributed by atoms with Gasteiger partial charge in [0.15, 0.2) is 0 Å². The first-order chi connectivity index (χ1) is 35.2. The Hall–Kier alpha value is -8.74. The first-order valence-electron chi connectivity index (χ1n) is 24.0. The molecule has 0 bridgehead atoms. The highest BCUT2D eigenvalue weighted by Gasteiger charge is 2.25. The minimum Gasteiger partial charge on any atom is -0.309 e. The maximum Gasteiger partial charge on any atom is 0.0702 e. The van der Waals surface area contributed by atoms with E-state index >= 15 is 0 Å². The van der Waals surface area contributed by atoms with Crippen LogP contribution < -0.4 is 14.7 Å². The molecule has 3 nitrogen and oxygen atoms in total. The molecule has 13 rings (SSSR count). The van der Waals surface area contributed by atoms with E-state index in [0.29, 0.717) is 0 Å². The molecule has 2 aromatic heterocycles. The molecule has 11 aromatic carbocycles. The maximum absolute atomic E-state index is 2.46. The van der Waals surface area contributed by atoms with Crippen LogP contribution in [-0.2, 0) is 0 Å². The van der Waals surface area contributed by atoms with Crippen molar-refractivity contribution in [3.05, 3.63) is 273 Å². The second-order valence-electron chi connectivity index (χ2n) is 17.7. The predicted octanol–water partition coefficient (Wildman–Crippen LogP) is 20.2. The molecule has 71 heavy (non-hydrogen) atoms. The van der Waals surface area contributed by atoms with Crippen molar-refractivity contribution in [3.8, 4) is 22.3 Å². The first-order valence-corrected chi connectivity index (χ1v) is 25.6. The number of benzene rings is 11. The van der Waals surface area contributed by atoms with Gasteiger partial charge in [0.1, 0.15) is 0 Å². The molecule has 0 aliphatic heterocycles. The fraction of sp³-hybridized carbons (Fsp3) is 0. The van der Waals surface area contributed by atoms with Gasteiger partial charge in [0.25, 0.3) is 0 Å². The Balaban J connectivity index is 0.998. The zero-order valence-electron chi connectivity index (χ0n) is 38.6. The normalized spacial score (nSPS) is 11.4. The van der Waals surface area contributed by atoms with Crippen molar-refractivity contribution < 1.29 is 0 Å². The van der Waals surface area contributed by atoms with E-state index < -0.39 is 0 Å². The van der Waals surface area contributed by atoms with Gasteiger partial charge in [-0.2, -0.15) is 0 Å². The van der Waals surface area contributed by atoms with Gasteiger partial charge in [-0.05, 0) is 108 Å². The third-order valence-corrected chi connectivity index (χ3v) is 15.7. The van der Waals surface area contributed by atoms with Crippen LogP contribution in [0.5, 0.6) is 0 Å². The zero-order valence-corrected chi connectivity index (χ0v) is 40.3. The Labute approximate surface area is 421 Å². The number of hydrogen-bond donors (Lipinski definition) is 0. The zero-order chi connectivity index (χ0) is 47.1. The fourth-order valence-electron chi connectivity index (χ4n) is 10.2. The second-order valence-corrected chi connectivity index (χ2v) is 19.8. The van der Waals surface area contributed by atoms with Crippen LogP contribution in [-0.4, -0.2) is 0 Å². The Morgan fingerprint density at radius 2 is 0.577 bits per heavy atom. The van der Waals surface area contributed by atoms with Gasteiger partial charge < -0.3 is 14.7 Å². The third kappa shape index (κ3) is 7.78. The molecule has 0 fully saturated rings. The lowest BCUT2D eigenvalue weighted by molar-refractivity contribution is 1.23. The van der Waals surface area contributed by atoms with Crippen LogP contribution in [0.4, 0.5) is 51.2 Å². The van der Waals surface area contributed by atoms with Crippen molar-refractivity contribution in [1.29, 1.82) is 0 Å². The summed E-state index contributed by atoms with van der Waals surface area (Å²) in [5, 5.41) is 5.02. The SMILES string of the molecule is c1ccc(-c2ccccc2N(c2ccc3c(c2)sc2ccc(N(c4ccc5c(c4)sc4ccccc45)c4ccccc4N(c4ccccc4)c4ccccc4)cc23)c2ccccc2-c2ccccc2)cc1. The third-order valence-electron chi connectivity index (χ3n) is 13.4. The number of rotatable bonds is 11. The molecule has 0 aliphatic carbocycles. The highest BCUT2D eigenvalue weighted by atomic mass is 32.1. The van der Waals surface area contributed by atoms with Crippen molar-refractivity contribution in [2.75, 3.05) is 14.7 Å². The first kappa shape index (κ1) is 42.4. The summed E-state index contributed by atoms with van der Waals surface area (Å²) < 4.78 is 5.02. The lowest BCUT2D eigenvalue weighted by Gasteiger charge is -2.33. The summed E-state index contributed by atoms with van der Waals surface area (Å²) in [5.74, 6) is 0. The van der Waals surface area contributed by atoms with Gasteiger partial charge in [-0.1, -0.05) is 176 Å². The summed E-state index contributed by atoms with van der Waals surface area (Å²) in [7, 11) is 0. The van der Waals surface area contributed by atoms with E-state index in [-0.39, 0.29) is 0 Å². The van der Waals surface area contributed by atoms with Crippen molar-refractivity contribution in [3.63, 3.8) is 0 Å². The standard InChI is InChI=1S/C66H45N3S2/c1-5-21-46(22-6-1)53-29-13-16-32-59(53)69(60-33-17-14-30-54(60)47-23-7-2-8-24-47)52-38-41-57-58-43-50(39-42-64(58)71-66(57)45-52)68(51-37-40-56-55-31-15-20-36-63(55)70-65(56)44-51)62-35-19-18-34-61(62)67(48-25-9-3-10-26-48)49-27-11-4-12-28-49/h1-45H. The van der Waals surface area contributed by atoms with Crippen molar-refractivity contribution in [2.45, 2.75) is 0 Å². The lowest BCUT2D eigenvalue weighted by Crippen LogP contribution is -2.16. The average molecular weight is 944 g/mol. The lowest BCUT2D eigenvalue weighted by atomic mass is 9.98. The maximum atomic E-state index is 2.46. The highest BCUT2D eigenvalue weighted by molar-refractivity contribution is 7.26. The number of thiophene rings is 2. The van der Waals surface area contributed by atoms with E-state index in [1.54, 1.807) is 0 Å². The second kappa shape index (κ2) is 18.3. The van der Waals surface area contributed by atoms with E-state index in [4.69, 9.17) is 0 Å². The number of fused-ring (bicyclic) bond motifs is 6. The molecule has 0 N–H and O–H groups in total. The predicted molar refractivity (Wildman–Crippen MR) is 307 cm³/mol. The summed E-state index contributed by atoms with van der Waals surface area (Å²) in [5.41, 5.74) is 14.6. The monoisotopic (exact) mass is 943 g/mol. The van der Waals surface area contributed by atoms with Crippen LogP contribution in [0.15, 0.2) is 273 Å². The minimum atomic E-state index is 1.08. The summed E-state index contributed by atoms with van der Waals surface area (Å²) in [6.45, 7) is 0. The van der Waals surface area contributed by atoms with Gasteiger partial charge in [-0.3, -0.25) is 0 Å². The molecule has 0 aliphatic rings. The molecule has 0 saturated carbocycles. The van der Waals surface area contributed by atoms with E-state index in [1.807, 2.05) is 22.7 Å². The van der Waals surface area contributed by atoms with Crippen LogP contribution in [0.2, 0.25) is 0 Å². The Morgan fingerprint density at radius 1 is 0.211 bits per heavy atom. The molecule has 0 radical (unpaired) electrons. The van der Waals surface area contributed by atoms with Crippen molar-refractivity contribution >= 4 is 114 Å². The fourth-order valence-corrected chi connectivity index (χ4v) is 12.5. The number of hydrogen-bond acceptors (Lipinski definition) is 5. The van der Waals surface area contributed by atoms with Gasteiger partial charge in [-0.15, -0.1) is 22.7 Å². The molecule has 0 atom stereocenters. The van der Waals surface area contributed by atoms with Crippen molar-refractivity contribution in [1.82, 2.24) is 0 Å². The number of anilines is 9. The van der Waals surface area contributed by atoms with Crippen LogP contribution >= 0.6 is 22.7 Å². The van der Waals surface area contributed by atoms with Gasteiger partial charge in [0.05, 0.1) is 22.7 Å². The molecule has 0 unspecified atom stereocenters. The molecule has 336 valence electrons. The van der Waals surface area contributed by atoms with Crippen LogP contribution in [0.25, 0.3) is 62.6 Å². The molecular formula is C66H45N3S2. The summed E-state index contributed by atoms with van der Waals surface area (Å²) in [6.07, 6.45) is 0. The van der Waals surface area contributed by atoms with Gasteiger partial charge in [-0.25, -0.2) is 0 Å². The molecular weight excluding hydrogens is 899 g/mol. The quantitative estimate of drug-likeness (QED) is 0.128. The van der Waals surface area contributed by atoms with E-state index in [2.05, 4.69) is 288 Å². The molecule has 2 heterocycles. The largest absolute Gasteiger partial charge is 0.309 e. The van der Waals surface area contributed by atoms with Gasteiger partial charge >= 0.3 is 0 Å². The Morgan fingerprint density at radius 3 is 1.13 bits per heavy atom. The Kier molecular flexibility index (Phi) is 10.9. The molecule has 5 heteroatoms. The molecule has 13 aromatic rings. The summed E-state index contributed by atoms with van der Waals surface area (Å²) in [6, 6.07) is 99.1. The van der Waals surface area contributed by atoms with E-state index in [9.17, 15) is 0 Å². The highest BCUT2D eigenvalue weighted by Crippen LogP contribution is 2.50. The Bertz CT molecular complexity index is 3890. The minimum absolute atomic E-state index is 1.08. The van der Waals surface area contributed by atoms with Crippen LogP contribution in [0.1, 0.15) is 0 Å². The molecule has 0 spiro atoms. The van der Waals surface area contributed by atoms with E-state index in [0.717, 1.165) is 51.2 Å². The average Bonchev–Trinajstić information content (AvgIpc) is 4.00. The molecule has 0 saturated heterocycles. The molecule has 0 amide bonds. The van der Waals surface area contributed by atoms with Crippen molar-refractivity contribution in [2.24, 2.45) is 0 Å². The smallest absolute Gasteiger partial charge is 0.0702 e. The van der Waals surface area contributed by atoms with E-state index in [1.165, 1.54) is 62.6 Å². The van der Waals surface area contributed by atoms with Gasteiger partial charge in [0.2, 0.25) is 0 Å². The van der Waals surface area contributed by atoms with Crippen LogP contribution in [0, 0.1) is 0 Å². The summed E-state index contributed by atoms with van der Waals surface area (Å²) in [4.78, 5) is 7.28.